The number of hydrogen-bond acceptors (Lipinski definition) is 4. The van der Waals surface area contributed by atoms with Gasteiger partial charge in [-0.1, -0.05) is 12.1 Å². The van der Waals surface area contributed by atoms with Gasteiger partial charge >= 0.3 is 0 Å². The molecule has 0 bridgehead atoms. The zero-order valence-corrected chi connectivity index (χ0v) is 10.9. The molecule has 0 saturated heterocycles. The first kappa shape index (κ1) is 14.6. The second-order valence-electron chi connectivity index (χ2n) is 3.63. The fourth-order valence-corrected chi connectivity index (χ4v) is 2.14. The highest BCUT2D eigenvalue weighted by molar-refractivity contribution is 7.99. The summed E-state index contributed by atoms with van der Waals surface area (Å²) < 4.78 is 0. The van der Waals surface area contributed by atoms with E-state index in [0.29, 0.717) is 24.3 Å². The number of amides is 1. The van der Waals surface area contributed by atoms with Crippen LogP contribution in [0.25, 0.3) is 0 Å². The molecule has 0 unspecified atom stereocenters. The van der Waals surface area contributed by atoms with Gasteiger partial charge in [0.15, 0.2) is 0 Å². The number of carbonyl (C=O) groups excluding carboxylic acids is 1. The lowest BCUT2D eigenvalue weighted by atomic mass is 10.2. The molecule has 0 atom stereocenters. The van der Waals surface area contributed by atoms with Gasteiger partial charge in [0, 0.05) is 18.0 Å². The normalized spacial score (nSPS) is 9.78. The highest BCUT2D eigenvalue weighted by atomic mass is 32.2. The summed E-state index contributed by atoms with van der Waals surface area (Å²) in [6.07, 6.45) is 1.45. The number of benzene rings is 1. The van der Waals surface area contributed by atoms with Crippen molar-refractivity contribution in [2.24, 2.45) is 0 Å². The third-order valence-electron chi connectivity index (χ3n) is 2.29. The lowest BCUT2D eigenvalue weighted by Gasteiger charge is -2.08. The fraction of sp³-hybridized carbons (Fsp3) is 0.385. The standard InChI is InChI=1S/C13H16N2O2S/c14-7-10-18-12-6-2-1-5-11(12)13(17)15-8-3-4-9-16/h1-2,5-6,16H,3-4,8-10H2,(H,15,17). The number of aliphatic hydroxyl groups excluding tert-OH is 1. The summed E-state index contributed by atoms with van der Waals surface area (Å²) in [5, 5.41) is 20.0. The van der Waals surface area contributed by atoms with Gasteiger partial charge in [0.05, 0.1) is 17.4 Å². The van der Waals surface area contributed by atoms with Crippen LogP contribution in [0, 0.1) is 11.3 Å². The van der Waals surface area contributed by atoms with Crippen LogP contribution in [0.3, 0.4) is 0 Å². The number of nitrogens with one attached hydrogen (secondary N) is 1. The fourth-order valence-electron chi connectivity index (χ4n) is 1.42. The smallest absolute Gasteiger partial charge is 0.252 e. The number of rotatable bonds is 7. The molecular weight excluding hydrogens is 248 g/mol. The SMILES string of the molecule is N#CCSc1ccccc1C(=O)NCCCCO. The third kappa shape index (κ3) is 4.78. The van der Waals surface area contributed by atoms with Crippen LogP contribution in [-0.2, 0) is 0 Å². The van der Waals surface area contributed by atoms with E-state index in [1.54, 1.807) is 12.1 Å². The predicted octanol–water partition coefficient (Wildman–Crippen LogP) is 1.80. The minimum atomic E-state index is -0.131. The first-order valence-corrected chi connectivity index (χ1v) is 6.76. The zero-order valence-electron chi connectivity index (χ0n) is 10.1. The third-order valence-corrected chi connectivity index (χ3v) is 3.23. The van der Waals surface area contributed by atoms with E-state index < -0.39 is 0 Å². The van der Waals surface area contributed by atoms with Gasteiger partial charge in [-0.25, -0.2) is 0 Å². The molecule has 1 rings (SSSR count). The lowest BCUT2D eigenvalue weighted by molar-refractivity contribution is 0.0949. The molecule has 0 fully saturated rings. The van der Waals surface area contributed by atoms with Gasteiger partial charge in [-0.3, -0.25) is 4.79 Å². The Kier molecular flexibility index (Phi) is 6.92. The summed E-state index contributed by atoms with van der Waals surface area (Å²) in [4.78, 5) is 12.7. The summed E-state index contributed by atoms with van der Waals surface area (Å²) in [5.74, 6) is 0.198. The molecule has 1 aromatic carbocycles. The van der Waals surface area contributed by atoms with Gasteiger partial charge < -0.3 is 10.4 Å². The van der Waals surface area contributed by atoms with Gasteiger partial charge in [-0.2, -0.15) is 5.26 Å². The lowest BCUT2D eigenvalue weighted by Crippen LogP contribution is -2.25. The van der Waals surface area contributed by atoms with Crippen LogP contribution in [0.4, 0.5) is 0 Å². The van der Waals surface area contributed by atoms with Crippen LogP contribution in [-0.4, -0.2) is 29.9 Å². The number of aliphatic hydroxyl groups is 1. The van der Waals surface area contributed by atoms with Crippen LogP contribution < -0.4 is 5.32 Å². The molecule has 5 heteroatoms. The zero-order chi connectivity index (χ0) is 13.2. The van der Waals surface area contributed by atoms with E-state index in [2.05, 4.69) is 5.32 Å². The van der Waals surface area contributed by atoms with Gasteiger partial charge in [0.2, 0.25) is 0 Å². The summed E-state index contributed by atoms with van der Waals surface area (Å²) >= 11 is 1.36. The molecular formula is C13H16N2O2S. The number of hydrogen-bond donors (Lipinski definition) is 2. The molecule has 1 aromatic rings. The molecule has 0 radical (unpaired) electrons. The summed E-state index contributed by atoms with van der Waals surface area (Å²) in [5.41, 5.74) is 0.599. The van der Waals surface area contributed by atoms with Gasteiger partial charge in [-0.05, 0) is 25.0 Å². The second kappa shape index (κ2) is 8.56. The molecule has 0 aromatic heterocycles. The van der Waals surface area contributed by atoms with Crippen molar-refractivity contribution < 1.29 is 9.90 Å². The van der Waals surface area contributed by atoms with Crippen molar-refractivity contribution in [3.63, 3.8) is 0 Å². The summed E-state index contributed by atoms with van der Waals surface area (Å²) in [7, 11) is 0. The van der Waals surface area contributed by atoms with Crippen molar-refractivity contribution in [1.29, 1.82) is 5.26 Å². The van der Waals surface area contributed by atoms with Crippen molar-refractivity contribution in [3.05, 3.63) is 29.8 Å². The topological polar surface area (TPSA) is 73.1 Å². The summed E-state index contributed by atoms with van der Waals surface area (Å²) in [6.45, 7) is 0.696. The van der Waals surface area contributed by atoms with Crippen LogP contribution in [0.2, 0.25) is 0 Å². The Balaban J connectivity index is 2.58. The van der Waals surface area contributed by atoms with Gasteiger partial charge in [0.1, 0.15) is 0 Å². The number of carbonyl (C=O) groups is 1. The number of thioether (sulfide) groups is 1. The minimum absolute atomic E-state index is 0.131. The van der Waals surface area contributed by atoms with Crippen molar-refractivity contribution in [2.45, 2.75) is 17.7 Å². The van der Waals surface area contributed by atoms with E-state index in [0.717, 1.165) is 11.3 Å². The minimum Gasteiger partial charge on any atom is -0.396 e. The Hall–Kier alpha value is -1.51. The van der Waals surface area contributed by atoms with Crippen LogP contribution in [0.1, 0.15) is 23.2 Å². The first-order valence-electron chi connectivity index (χ1n) is 5.77. The van der Waals surface area contributed by atoms with E-state index in [1.165, 1.54) is 11.8 Å². The Bertz CT molecular complexity index is 429. The number of nitrogens with zero attached hydrogens (tertiary/aromatic N) is 1. The molecule has 2 N–H and O–H groups in total. The second-order valence-corrected chi connectivity index (χ2v) is 4.65. The van der Waals surface area contributed by atoms with Gasteiger partial charge in [-0.15, -0.1) is 11.8 Å². The van der Waals surface area contributed by atoms with E-state index in [4.69, 9.17) is 10.4 Å². The molecule has 96 valence electrons. The van der Waals surface area contributed by atoms with Crippen molar-refractivity contribution in [3.8, 4) is 6.07 Å². The Labute approximate surface area is 111 Å². The molecule has 0 aliphatic heterocycles. The van der Waals surface area contributed by atoms with E-state index in [1.807, 2.05) is 18.2 Å². The average molecular weight is 264 g/mol. The monoisotopic (exact) mass is 264 g/mol. The quantitative estimate of drug-likeness (QED) is 0.582. The Morgan fingerprint density at radius 1 is 1.39 bits per heavy atom. The molecule has 0 aliphatic rings. The molecule has 1 amide bonds. The molecule has 18 heavy (non-hydrogen) atoms. The van der Waals surface area contributed by atoms with Crippen LogP contribution in [0.15, 0.2) is 29.2 Å². The van der Waals surface area contributed by atoms with Gasteiger partial charge in [0.25, 0.3) is 5.91 Å². The highest BCUT2D eigenvalue weighted by Crippen LogP contribution is 2.21. The maximum absolute atomic E-state index is 11.9. The largest absolute Gasteiger partial charge is 0.396 e. The van der Waals surface area contributed by atoms with E-state index >= 15 is 0 Å². The highest BCUT2D eigenvalue weighted by Gasteiger charge is 2.10. The molecule has 0 heterocycles. The van der Waals surface area contributed by atoms with Crippen molar-refractivity contribution in [2.75, 3.05) is 18.9 Å². The maximum atomic E-state index is 11.9. The van der Waals surface area contributed by atoms with Crippen molar-refractivity contribution in [1.82, 2.24) is 5.32 Å². The number of nitriles is 1. The molecule has 0 aliphatic carbocycles. The first-order chi connectivity index (χ1) is 8.79. The Morgan fingerprint density at radius 3 is 2.89 bits per heavy atom. The van der Waals surface area contributed by atoms with E-state index in [9.17, 15) is 4.79 Å². The number of unbranched alkanes of at least 4 members (excludes halogenated alkanes) is 1. The molecule has 0 spiro atoms. The molecule has 0 saturated carbocycles. The predicted molar refractivity (Wildman–Crippen MR) is 71.4 cm³/mol. The molecule has 4 nitrogen and oxygen atoms in total. The average Bonchev–Trinajstić information content (AvgIpc) is 2.41. The van der Waals surface area contributed by atoms with Crippen molar-refractivity contribution >= 4 is 17.7 Å². The van der Waals surface area contributed by atoms with E-state index in [-0.39, 0.29) is 12.5 Å². The van der Waals surface area contributed by atoms with Crippen LogP contribution >= 0.6 is 11.8 Å². The Morgan fingerprint density at radius 2 is 2.17 bits per heavy atom. The maximum Gasteiger partial charge on any atom is 0.252 e. The summed E-state index contributed by atoms with van der Waals surface area (Å²) in [6, 6.07) is 9.29. The van der Waals surface area contributed by atoms with Crippen LogP contribution in [0.5, 0.6) is 0 Å².